The van der Waals surface area contributed by atoms with Gasteiger partial charge in [0.1, 0.15) is 36.6 Å². The molecule has 0 radical (unpaired) electrons. The summed E-state index contributed by atoms with van der Waals surface area (Å²) in [6.45, 7) is 7.21. The maximum atomic E-state index is 10.2. The molecule has 7 atom stereocenters. The molecule has 0 aromatic heterocycles. The summed E-state index contributed by atoms with van der Waals surface area (Å²) in [7, 11) is 0. The van der Waals surface area contributed by atoms with Crippen molar-refractivity contribution in [3.05, 3.63) is 25.3 Å². The number of aliphatic hydroxyl groups excluding tert-OH is 1. The molecule has 3 unspecified atom stereocenters. The summed E-state index contributed by atoms with van der Waals surface area (Å²) >= 11 is 0. The van der Waals surface area contributed by atoms with Crippen LogP contribution in [-0.2, 0) is 23.7 Å². The number of aliphatic hydroxyl groups is 1. The fourth-order valence-corrected chi connectivity index (χ4v) is 2.83. The lowest BCUT2D eigenvalue weighted by molar-refractivity contribution is -0.485. The van der Waals surface area contributed by atoms with E-state index in [1.165, 1.54) is 0 Å². The second kappa shape index (κ2) is 5.32. The first-order chi connectivity index (χ1) is 9.26. The first-order valence-electron chi connectivity index (χ1n) is 6.35. The lowest BCUT2D eigenvalue weighted by atomic mass is 9.82. The summed E-state index contributed by atoms with van der Waals surface area (Å²) < 4.78 is 27.9. The fraction of sp³-hybridized carbons (Fsp3) is 0.692. The van der Waals surface area contributed by atoms with E-state index >= 15 is 0 Å². The molecule has 6 nitrogen and oxygen atoms in total. The van der Waals surface area contributed by atoms with Gasteiger partial charge in [0.2, 0.25) is 0 Å². The number of hydrogen-bond donors (Lipinski definition) is 1. The van der Waals surface area contributed by atoms with Crippen molar-refractivity contribution in [1.82, 2.24) is 0 Å². The van der Waals surface area contributed by atoms with Gasteiger partial charge in [-0.15, -0.1) is 13.2 Å². The molecule has 6 heteroatoms. The average Bonchev–Trinajstić information content (AvgIpc) is 2.42. The Bertz CT molecular complexity index is 329. The van der Waals surface area contributed by atoms with Gasteiger partial charge in [-0.1, -0.05) is 12.2 Å². The van der Waals surface area contributed by atoms with E-state index in [2.05, 4.69) is 13.2 Å². The highest BCUT2D eigenvalue weighted by Crippen LogP contribution is 2.42. The molecule has 1 aliphatic carbocycles. The zero-order valence-corrected chi connectivity index (χ0v) is 10.5. The lowest BCUT2D eigenvalue weighted by Gasteiger charge is -2.57. The van der Waals surface area contributed by atoms with Crippen molar-refractivity contribution in [2.45, 2.75) is 43.1 Å². The van der Waals surface area contributed by atoms with E-state index in [1.807, 2.05) is 0 Å². The predicted octanol–water partition coefficient (Wildman–Crippen LogP) is -0.0303. The minimum Gasteiger partial charge on any atom is -0.387 e. The van der Waals surface area contributed by atoms with Gasteiger partial charge in [-0.25, -0.2) is 0 Å². The van der Waals surface area contributed by atoms with Crippen LogP contribution in [0, 0.1) is 0 Å². The van der Waals surface area contributed by atoms with Crippen LogP contribution >= 0.6 is 0 Å². The molecule has 1 saturated carbocycles. The average molecular weight is 270 g/mol. The van der Waals surface area contributed by atoms with Crippen molar-refractivity contribution in [2.75, 3.05) is 13.2 Å². The van der Waals surface area contributed by atoms with Crippen molar-refractivity contribution in [2.24, 2.45) is 0 Å². The topological polar surface area (TPSA) is 66.4 Å². The SMILES string of the molecule is C=CCO[C@H]1C2OC3O[C@@H]1C(O)[C@H](O3)[C@H]2OCC=C. The first kappa shape index (κ1) is 13.2. The van der Waals surface area contributed by atoms with Crippen molar-refractivity contribution in [1.29, 1.82) is 0 Å². The highest BCUT2D eigenvalue weighted by Gasteiger charge is 2.62. The minimum absolute atomic E-state index is 0.314. The molecule has 4 rings (SSSR count). The van der Waals surface area contributed by atoms with Crippen molar-refractivity contribution < 1.29 is 28.8 Å². The molecule has 4 aliphatic rings. The van der Waals surface area contributed by atoms with Gasteiger partial charge in [0.15, 0.2) is 0 Å². The Kier molecular flexibility index (Phi) is 3.70. The summed E-state index contributed by atoms with van der Waals surface area (Å²) in [4.78, 5) is 0. The summed E-state index contributed by atoms with van der Waals surface area (Å²) in [6.07, 6.45) is 0.503. The second-order valence-electron chi connectivity index (χ2n) is 4.75. The molecule has 19 heavy (non-hydrogen) atoms. The Morgan fingerprint density at radius 2 is 1.37 bits per heavy atom. The van der Waals surface area contributed by atoms with E-state index in [0.717, 1.165) is 0 Å². The summed E-state index contributed by atoms with van der Waals surface area (Å²) in [5.41, 5.74) is 0. The van der Waals surface area contributed by atoms with Crippen molar-refractivity contribution in [3.63, 3.8) is 0 Å². The summed E-state index contributed by atoms with van der Waals surface area (Å²) in [6, 6.07) is 0. The zero-order valence-electron chi connectivity index (χ0n) is 10.5. The molecular weight excluding hydrogens is 252 g/mol. The van der Waals surface area contributed by atoms with E-state index in [-0.39, 0.29) is 18.3 Å². The van der Waals surface area contributed by atoms with Gasteiger partial charge >= 0.3 is 0 Å². The fourth-order valence-electron chi connectivity index (χ4n) is 2.83. The molecule has 4 bridgehead atoms. The van der Waals surface area contributed by atoms with Gasteiger partial charge in [0.25, 0.3) is 6.48 Å². The molecule has 1 N–H and O–H groups in total. The second-order valence-corrected chi connectivity index (χ2v) is 4.75. The third-order valence-electron chi connectivity index (χ3n) is 3.59. The molecule has 0 aromatic carbocycles. The molecular formula is C13H18O6. The third kappa shape index (κ3) is 2.14. The van der Waals surface area contributed by atoms with Crippen LogP contribution in [0.2, 0.25) is 0 Å². The molecule has 3 aliphatic heterocycles. The monoisotopic (exact) mass is 270 g/mol. The van der Waals surface area contributed by atoms with Gasteiger partial charge in [-0.2, -0.15) is 0 Å². The molecule has 4 fully saturated rings. The standard InChI is InChI=1S/C13H18O6/c1-3-5-15-10-8-7(14)9-11(16-6-4-2)12(10)19-13(17-8)18-9/h3-4,7-14H,1-2,5-6H2/t7?,8-,9+,10-,11-,12?,13?/m1/s1. The molecule has 3 saturated heterocycles. The van der Waals surface area contributed by atoms with Crippen molar-refractivity contribution in [3.8, 4) is 0 Å². The Balaban J connectivity index is 1.79. The van der Waals surface area contributed by atoms with Crippen LogP contribution in [0.4, 0.5) is 0 Å². The van der Waals surface area contributed by atoms with Gasteiger partial charge in [-0.05, 0) is 0 Å². The Labute approximate surface area is 111 Å². The number of ether oxygens (including phenoxy) is 5. The van der Waals surface area contributed by atoms with Crippen molar-refractivity contribution >= 4 is 0 Å². The first-order valence-corrected chi connectivity index (χ1v) is 6.35. The van der Waals surface area contributed by atoms with Gasteiger partial charge < -0.3 is 28.8 Å². The zero-order chi connectivity index (χ0) is 13.4. The molecule has 3 heterocycles. The summed E-state index contributed by atoms with van der Waals surface area (Å²) in [5.74, 6) is 0. The largest absolute Gasteiger partial charge is 0.387 e. The molecule has 106 valence electrons. The van der Waals surface area contributed by atoms with E-state index in [0.29, 0.717) is 13.2 Å². The lowest BCUT2D eigenvalue weighted by Crippen LogP contribution is -2.75. The number of hydrogen-bond acceptors (Lipinski definition) is 6. The van der Waals surface area contributed by atoms with E-state index in [4.69, 9.17) is 23.7 Å². The molecule has 0 aromatic rings. The third-order valence-corrected chi connectivity index (χ3v) is 3.59. The smallest absolute Gasteiger partial charge is 0.272 e. The van der Waals surface area contributed by atoms with Crippen LogP contribution < -0.4 is 0 Å². The molecule has 0 spiro atoms. The van der Waals surface area contributed by atoms with E-state index in [1.54, 1.807) is 12.2 Å². The highest BCUT2D eigenvalue weighted by atomic mass is 16.9. The van der Waals surface area contributed by atoms with Crippen LogP contribution in [0.5, 0.6) is 0 Å². The van der Waals surface area contributed by atoms with Gasteiger partial charge in [0.05, 0.1) is 13.2 Å². The van der Waals surface area contributed by atoms with Crippen LogP contribution in [0.3, 0.4) is 0 Å². The predicted molar refractivity (Wildman–Crippen MR) is 64.3 cm³/mol. The Hall–Kier alpha value is -0.760. The van der Waals surface area contributed by atoms with Crippen LogP contribution in [0.15, 0.2) is 25.3 Å². The van der Waals surface area contributed by atoms with Crippen LogP contribution in [0.1, 0.15) is 0 Å². The normalized spacial score (nSPS) is 47.3. The minimum atomic E-state index is -0.791. The van der Waals surface area contributed by atoms with E-state index < -0.39 is 24.8 Å². The maximum Gasteiger partial charge on any atom is 0.272 e. The Morgan fingerprint density at radius 3 is 1.84 bits per heavy atom. The van der Waals surface area contributed by atoms with Gasteiger partial charge in [0, 0.05) is 0 Å². The number of rotatable bonds is 6. The maximum absolute atomic E-state index is 10.2. The highest BCUT2D eigenvalue weighted by molar-refractivity contribution is 5.07. The van der Waals surface area contributed by atoms with Gasteiger partial charge in [-0.3, -0.25) is 0 Å². The van der Waals surface area contributed by atoms with Crippen LogP contribution in [0.25, 0.3) is 0 Å². The summed E-state index contributed by atoms with van der Waals surface area (Å²) in [5, 5.41) is 10.2. The van der Waals surface area contributed by atoms with Crippen LogP contribution in [-0.4, -0.2) is 61.4 Å². The quantitative estimate of drug-likeness (QED) is 0.684. The van der Waals surface area contributed by atoms with E-state index in [9.17, 15) is 5.11 Å². The molecule has 0 amide bonds. The Morgan fingerprint density at radius 1 is 0.895 bits per heavy atom.